The number of benzene rings is 1. The van der Waals surface area contributed by atoms with Crippen molar-refractivity contribution in [3.63, 3.8) is 0 Å². The van der Waals surface area contributed by atoms with E-state index < -0.39 is 12.1 Å². The summed E-state index contributed by atoms with van der Waals surface area (Å²) in [5, 5.41) is 2.79. The van der Waals surface area contributed by atoms with E-state index in [2.05, 4.69) is 5.32 Å². The summed E-state index contributed by atoms with van der Waals surface area (Å²) >= 11 is 0. The molecule has 1 amide bonds. The third-order valence-electron chi connectivity index (χ3n) is 3.48. The van der Waals surface area contributed by atoms with Crippen LogP contribution in [-0.4, -0.2) is 18.0 Å². The fraction of sp³-hybridized carbons (Fsp3) is 0.333. The molecule has 0 aliphatic heterocycles. The lowest BCUT2D eigenvalue weighted by Crippen LogP contribution is -2.37. The van der Waals surface area contributed by atoms with Gasteiger partial charge in [-0.3, -0.25) is 4.79 Å². The maximum atomic E-state index is 12.2. The summed E-state index contributed by atoms with van der Waals surface area (Å²) in [6, 6.07) is 11.2. The smallest absolute Gasteiger partial charge is 0.342 e. The van der Waals surface area contributed by atoms with Crippen LogP contribution in [0.2, 0.25) is 0 Å². The Balaban J connectivity index is 1.95. The van der Waals surface area contributed by atoms with Gasteiger partial charge in [-0.15, -0.1) is 0 Å². The lowest BCUT2D eigenvalue weighted by atomic mass is 10.2. The molecule has 1 aromatic carbocycles. The number of ether oxygens (including phenoxy) is 1. The normalized spacial score (nSPS) is 11.8. The lowest BCUT2D eigenvalue weighted by molar-refractivity contribution is -0.130. The molecule has 0 radical (unpaired) electrons. The summed E-state index contributed by atoms with van der Waals surface area (Å²) in [4.78, 5) is 24.4. The molecule has 0 saturated heterocycles. The minimum absolute atomic E-state index is 0.303. The van der Waals surface area contributed by atoms with E-state index in [9.17, 15) is 9.59 Å². The van der Waals surface area contributed by atoms with Crippen LogP contribution in [0.5, 0.6) is 0 Å². The first kappa shape index (κ1) is 16.8. The molecule has 2 rings (SSSR count). The molecule has 1 heterocycles. The molecule has 1 atom stereocenters. The van der Waals surface area contributed by atoms with Crippen molar-refractivity contribution in [3.05, 3.63) is 59.0 Å². The van der Waals surface area contributed by atoms with Gasteiger partial charge in [-0.05, 0) is 31.9 Å². The quantitative estimate of drug-likeness (QED) is 0.831. The van der Waals surface area contributed by atoms with Crippen LogP contribution in [0.4, 0.5) is 0 Å². The average Bonchev–Trinajstić information content (AvgIpc) is 2.89. The molecule has 0 saturated carbocycles. The molecular formula is C18H21NO4. The summed E-state index contributed by atoms with van der Waals surface area (Å²) in [6.45, 7) is 5.65. The second kappa shape index (κ2) is 7.63. The predicted molar refractivity (Wildman–Crippen MR) is 86.0 cm³/mol. The summed E-state index contributed by atoms with van der Waals surface area (Å²) in [6.07, 6.45) is -0.414. The van der Waals surface area contributed by atoms with Gasteiger partial charge in [-0.25, -0.2) is 4.79 Å². The molecule has 5 heteroatoms. The molecule has 0 spiro atoms. The van der Waals surface area contributed by atoms with E-state index >= 15 is 0 Å². The highest BCUT2D eigenvalue weighted by Crippen LogP contribution is 2.16. The maximum absolute atomic E-state index is 12.2. The highest BCUT2D eigenvalue weighted by atomic mass is 16.5. The molecule has 0 aliphatic carbocycles. The largest absolute Gasteiger partial charge is 0.466 e. The van der Waals surface area contributed by atoms with E-state index in [0.29, 0.717) is 30.0 Å². The van der Waals surface area contributed by atoms with E-state index in [1.54, 1.807) is 26.8 Å². The summed E-state index contributed by atoms with van der Waals surface area (Å²) < 4.78 is 10.6. The number of hydrogen-bond acceptors (Lipinski definition) is 4. The zero-order valence-corrected chi connectivity index (χ0v) is 13.6. The number of rotatable bonds is 6. The van der Waals surface area contributed by atoms with Crippen LogP contribution in [0, 0.1) is 13.8 Å². The number of furan rings is 1. The zero-order valence-electron chi connectivity index (χ0n) is 13.6. The minimum atomic E-state index is -0.819. The first-order valence-corrected chi connectivity index (χ1v) is 7.61. The van der Waals surface area contributed by atoms with Crippen LogP contribution in [-0.2, 0) is 16.1 Å². The van der Waals surface area contributed by atoms with Crippen molar-refractivity contribution in [3.8, 4) is 0 Å². The van der Waals surface area contributed by atoms with Gasteiger partial charge in [-0.1, -0.05) is 37.3 Å². The van der Waals surface area contributed by atoms with Gasteiger partial charge in [0.2, 0.25) is 0 Å². The van der Waals surface area contributed by atoms with Crippen LogP contribution in [0.15, 0.2) is 40.8 Å². The molecule has 122 valence electrons. The molecule has 1 N–H and O–H groups in total. The number of carbonyl (C=O) groups excluding carboxylic acids is 2. The summed E-state index contributed by atoms with van der Waals surface area (Å²) in [7, 11) is 0. The van der Waals surface area contributed by atoms with Crippen molar-refractivity contribution in [2.24, 2.45) is 0 Å². The Morgan fingerprint density at radius 2 is 1.91 bits per heavy atom. The van der Waals surface area contributed by atoms with Gasteiger partial charge in [0.1, 0.15) is 17.1 Å². The number of esters is 1. The SMILES string of the molecule is CCC(OC(=O)c1cc(C)oc1C)C(=O)NCc1ccccc1. The van der Waals surface area contributed by atoms with Crippen LogP contribution in [0.3, 0.4) is 0 Å². The van der Waals surface area contributed by atoms with Gasteiger partial charge < -0.3 is 14.5 Å². The topological polar surface area (TPSA) is 68.5 Å². The van der Waals surface area contributed by atoms with Gasteiger partial charge in [0.25, 0.3) is 5.91 Å². The molecular weight excluding hydrogens is 294 g/mol. The highest BCUT2D eigenvalue weighted by Gasteiger charge is 2.24. The zero-order chi connectivity index (χ0) is 16.8. The molecule has 23 heavy (non-hydrogen) atoms. The third-order valence-corrected chi connectivity index (χ3v) is 3.48. The average molecular weight is 315 g/mol. The van der Waals surface area contributed by atoms with Gasteiger partial charge >= 0.3 is 5.97 Å². The van der Waals surface area contributed by atoms with E-state index in [4.69, 9.17) is 9.15 Å². The van der Waals surface area contributed by atoms with E-state index in [1.165, 1.54) is 0 Å². The second-order valence-corrected chi connectivity index (χ2v) is 5.33. The number of carbonyl (C=O) groups is 2. The van der Waals surface area contributed by atoms with Crippen molar-refractivity contribution in [2.75, 3.05) is 0 Å². The Bertz CT molecular complexity index is 676. The Hall–Kier alpha value is -2.56. The summed E-state index contributed by atoms with van der Waals surface area (Å²) in [5.74, 6) is 0.284. The van der Waals surface area contributed by atoms with Crippen LogP contribution < -0.4 is 5.32 Å². The van der Waals surface area contributed by atoms with Crippen LogP contribution >= 0.6 is 0 Å². The second-order valence-electron chi connectivity index (χ2n) is 5.33. The number of aryl methyl sites for hydroxylation is 2. The number of hydrogen-bond donors (Lipinski definition) is 1. The standard InChI is InChI=1S/C18H21NO4/c1-4-16(17(20)19-11-14-8-6-5-7-9-14)23-18(21)15-10-12(2)22-13(15)3/h5-10,16H,4,11H2,1-3H3,(H,19,20). The molecule has 0 fully saturated rings. The molecule has 0 bridgehead atoms. The lowest BCUT2D eigenvalue weighted by Gasteiger charge is -2.16. The molecule has 2 aromatic rings. The summed E-state index contributed by atoms with van der Waals surface area (Å²) in [5.41, 5.74) is 1.35. The fourth-order valence-electron chi connectivity index (χ4n) is 2.25. The van der Waals surface area contributed by atoms with Crippen molar-refractivity contribution in [1.82, 2.24) is 5.32 Å². The van der Waals surface area contributed by atoms with Gasteiger partial charge in [0, 0.05) is 6.54 Å². The van der Waals surface area contributed by atoms with Gasteiger partial charge in [0.15, 0.2) is 6.10 Å². The minimum Gasteiger partial charge on any atom is -0.466 e. The fourth-order valence-corrected chi connectivity index (χ4v) is 2.25. The molecule has 5 nitrogen and oxygen atoms in total. The van der Waals surface area contributed by atoms with Crippen molar-refractivity contribution < 1.29 is 18.7 Å². The number of amides is 1. The molecule has 1 aromatic heterocycles. The van der Waals surface area contributed by atoms with Crippen LogP contribution in [0.1, 0.15) is 40.8 Å². The Morgan fingerprint density at radius 3 is 2.48 bits per heavy atom. The van der Waals surface area contributed by atoms with Crippen molar-refractivity contribution >= 4 is 11.9 Å². The van der Waals surface area contributed by atoms with Crippen LogP contribution in [0.25, 0.3) is 0 Å². The molecule has 0 aliphatic rings. The predicted octanol–water partition coefficient (Wildman–Crippen LogP) is 3.15. The molecule has 1 unspecified atom stereocenters. The monoisotopic (exact) mass is 315 g/mol. The highest BCUT2D eigenvalue weighted by molar-refractivity contribution is 5.93. The van der Waals surface area contributed by atoms with Gasteiger partial charge in [-0.2, -0.15) is 0 Å². The van der Waals surface area contributed by atoms with E-state index in [0.717, 1.165) is 5.56 Å². The Morgan fingerprint density at radius 1 is 1.22 bits per heavy atom. The maximum Gasteiger partial charge on any atom is 0.342 e. The number of nitrogens with one attached hydrogen (secondary N) is 1. The third kappa shape index (κ3) is 4.45. The van der Waals surface area contributed by atoms with Gasteiger partial charge in [0.05, 0.1) is 0 Å². The Kier molecular flexibility index (Phi) is 5.57. The first-order valence-electron chi connectivity index (χ1n) is 7.61. The van der Waals surface area contributed by atoms with Crippen molar-refractivity contribution in [1.29, 1.82) is 0 Å². The van der Waals surface area contributed by atoms with E-state index in [1.807, 2.05) is 30.3 Å². The van der Waals surface area contributed by atoms with Crippen molar-refractivity contribution in [2.45, 2.75) is 39.8 Å². The van der Waals surface area contributed by atoms with E-state index in [-0.39, 0.29) is 5.91 Å². The first-order chi connectivity index (χ1) is 11.0. The Labute approximate surface area is 135 Å².